The molecule has 0 aliphatic rings. The van der Waals surface area contributed by atoms with Crippen LogP contribution in [0.1, 0.15) is 6.92 Å². The van der Waals surface area contributed by atoms with E-state index in [0.29, 0.717) is 24.4 Å². The number of esters is 1. The summed E-state index contributed by atoms with van der Waals surface area (Å²) in [4.78, 5) is 15.7. The first-order valence-electron chi connectivity index (χ1n) is 4.86. The first-order valence-corrected chi connectivity index (χ1v) is 5.49. The van der Waals surface area contributed by atoms with Crippen LogP contribution in [0.15, 0.2) is 12.2 Å². The second kappa shape index (κ2) is 9.61. The molecule has 0 heterocycles. The van der Waals surface area contributed by atoms with Crippen LogP contribution in [0.4, 0.5) is 0 Å². The minimum absolute atomic E-state index is 0.0811. The monoisotopic (exact) mass is 249 g/mol. The normalized spacial score (nSPS) is 12.2. The summed E-state index contributed by atoms with van der Waals surface area (Å²) in [5, 5.41) is 0. The quantitative estimate of drug-likeness (QED) is 0.143. The van der Waals surface area contributed by atoms with E-state index < -0.39 is 12.1 Å². The van der Waals surface area contributed by atoms with Crippen molar-refractivity contribution >= 4 is 18.6 Å². The van der Waals surface area contributed by atoms with Crippen LogP contribution in [-0.2, 0) is 14.4 Å². The van der Waals surface area contributed by atoms with E-state index in [-0.39, 0.29) is 6.61 Å². The fraction of sp³-hybridized carbons (Fsp3) is 0.667. The van der Waals surface area contributed by atoms with Crippen molar-refractivity contribution in [3.63, 3.8) is 0 Å². The molecule has 0 aromatic carbocycles. The summed E-state index contributed by atoms with van der Waals surface area (Å²) < 4.78 is 4.89. The Bertz CT molecular complexity index is 226. The Hall–Kier alpha value is -0.600. The van der Waals surface area contributed by atoms with E-state index in [1.807, 2.05) is 0 Å². The number of nitrogens with one attached hydrogen (secondary N) is 2. The molecule has 0 radical (unpaired) electrons. The first-order chi connectivity index (χ1) is 7.61. The van der Waals surface area contributed by atoms with E-state index in [1.165, 1.54) is 0 Å². The lowest BCUT2D eigenvalue weighted by molar-refractivity contribution is -0.143. The molecule has 0 rings (SSSR count). The molecule has 0 fully saturated rings. The number of ether oxygens (including phenoxy) is 1. The van der Waals surface area contributed by atoms with Crippen LogP contribution in [0.2, 0.25) is 0 Å². The standard InChI is InChI=1S/C9H19N3O3S/c1-7(2)9(13)14-6-8(15-10)5-12-11-3-4-16/h8,11-12,16H,1,3-6,10H2,2H3. The van der Waals surface area contributed by atoms with Gasteiger partial charge in [-0.15, -0.1) is 0 Å². The Morgan fingerprint density at radius 2 is 2.25 bits per heavy atom. The number of hydrogen-bond donors (Lipinski definition) is 4. The van der Waals surface area contributed by atoms with Gasteiger partial charge in [-0.1, -0.05) is 6.58 Å². The highest BCUT2D eigenvalue weighted by Crippen LogP contribution is 1.95. The number of carbonyl (C=O) groups is 1. The Kier molecular flexibility index (Phi) is 9.25. The highest BCUT2D eigenvalue weighted by Gasteiger charge is 2.11. The van der Waals surface area contributed by atoms with Gasteiger partial charge in [0.05, 0.1) is 0 Å². The van der Waals surface area contributed by atoms with Gasteiger partial charge in [0.1, 0.15) is 12.7 Å². The van der Waals surface area contributed by atoms with E-state index >= 15 is 0 Å². The topological polar surface area (TPSA) is 85.6 Å². The molecular formula is C9H19N3O3S. The fourth-order valence-electron chi connectivity index (χ4n) is 0.768. The smallest absolute Gasteiger partial charge is 0.333 e. The molecule has 0 aliphatic carbocycles. The average molecular weight is 249 g/mol. The molecule has 0 saturated carbocycles. The zero-order valence-corrected chi connectivity index (χ0v) is 10.3. The Labute approximate surface area is 101 Å². The summed E-state index contributed by atoms with van der Waals surface area (Å²) >= 11 is 4.02. The Balaban J connectivity index is 3.66. The molecule has 0 saturated heterocycles. The molecule has 0 amide bonds. The van der Waals surface area contributed by atoms with Crippen LogP contribution in [0.5, 0.6) is 0 Å². The Morgan fingerprint density at radius 1 is 1.56 bits per heavy atom. The number of hydrogen-bond acceptors (Lipinski definition) is 7. The van der Waals surface area contributed by atoms with Gasteiger partial charge in [-0.25, -0.2) is 10.7 Å². The van der Waals surface area contributed by atoms with Gasteiger partial charge >= 0.3 is 5.97 Å². The summed E-state index contributed by atoms with van der Waals surface area (Å²) in [6.45, 7) is 6.26. The third-order valence-electron chi connectivity index (χ3n) is 1.63. The molecule has 6 nitrogen and oxygen atoms in total. The zero-order chi connectivity index (χ0) is 12.4. The molecule has 94 valence electrons. The van der Waals surface area contributed by atoms with Crippen LogP contribution < -0.4 is 16.7 Å². The average Bonchev–Trinajstić information content (AvgIpc) is 2.27. The summed E-state index contributed by atoms with van der Waals surface area (Å²) in [6.07, 6.45) is -0.407. The predicted octanol–water partition coefficient (Wildman–Crippen LogP) is -0.611. The molecule has 0 bridgehead atoms. The van der Waals surface area contributed by atoms with Gasteiger partial charge in [0.2, 0.25) is 0 Å². The van der Waals surface area contributed by atoms with Crippen molar-refractivity contribution in [3.05, 3.63) is 12.2 Å². The summed E-state index contributed by atoms with van der Waals surface area (Å²) in [7, 11) is 0. The van der Waals surface area contributed by atoms with Gasteiger partial charge in [0.15, 0.2) is 0 Å². The van der Waals surface area contributed by atoms with Gasteiger partial charge in [0.25, 0.3) is 0 Å². The van der Waals surface area contributed by atoms with E-state index in [4.69, 9.17) is 10.6 Å². The lowest BCUT2D eigenvalue weighted by Gasteiger charge is -2.15. The predicted molar refractivity (Wildman–Crippen MR) is 64.7 cm³/mol. The molecule has 0 spiro atoms. The molecular weight excluding hydrogens is 230 g/mol. The summed E-state index contributed by atoms with van der Waals surface area (Å²) in [6, 6.07) is 0. The van der Waals surface area contributed by atoms with E-state index in [1.54, 1.807) is 6.92 Å². The van der Waals surface area contributed by atoms with Crippen molar-refractivity contribution in [2.45, 2.75) is 13.0 Å². The minimum atomic E-state index is -0.453. The lowest BCUT2D eigenvalue weighted by Crippen LogP contribution is -2.42. The summed E-state index contributed by atoms with van der Waals surface area (Å²) in [5.41, 5.74) is 6.11. The second-order valence-corrected chi connectivity index (χ2v) is 3.62. The van der Waals surface area contributed by atoms with Crippen molar-refractivity contribution in [3.8, 4) is 0 Å². The molecule has 0 aliphatic heterocycles. The third-order valence-corrected chi connectivity index (χ3v) is 1.86. The summed E-state index contributed by atoms with van der Waals surface area (Å²) in [5.74, 6) is 5.31. The Morgan fingerprint density at radius 3 is 2.75 bits per heavy atom. The van der Waals surface area contributed by atoms with Crippen molar-refractivity contribution in [2.75, 3.05) is 25.4 Å². The largest absolute Gasteiger partial charge is 0.459 e. The zero-order valence-electron chi connectivity index (χ0n) is 9.36. The van der Waals surface area contributed by atoms with E-state index in [9.17, 15) is 4.79 Å². The third kappa shape index (κ3) is 7.66. The minimum Gasteiger partial charge on any atom is -0.459 e. The van der Waals surface area contributed by atoms with Crippen LogP contribution in [0, 0.1) is 0 Å². The molecule has 1 unspecified atom stereocenters. The molecule has 16 heavy (non-hydrogen) atoms. The van der Waals surface area contributed by atoms with E-state index in [2.05, 4.69) is 34.9 Å². The molecule has 0 aromatic rings. The molecule has 1 atom stereocenters. The van der Waals surface area contributed by atoms with Crippen molar-refractivity contribution in [1.29, 1.82) is 0 Å². The number of nitrogens with two attached hydrogens (primary N) is 1. The van der Waals surface area contributed by atoms with Gasteiger partial charge < -0.3 is 4.74 Å². The van der Waals surface area contributed by atoms with E-state index in [0.717, 1.165) is 0 Å². The molecule has 4 N–H and O–H groups in total. The SMILES string of the molecule is C=C(C)C(=O)OCC(CNNCCS)ON. The molecule has 7 heteroatoms. The number of rotatable bonds is 9. The lowest BCUT2D eigenvalue weighted by atomic mass is 10.3. The van der Waals surface area contributed by atoms with Crippen LogP contribution >= 0.6 is 12.6 Å². The maximum absolute atomic E-state index is 11.1. The fourth-order valence-corrected chi connectivity index (χ4v) is 0.880. The number of carbonyl (C=O) groups excluding carboxylic acids is 1. The number of thiol groups is 1. The highest BCUT2D eigenvalue weighted by molar-refractivity contribution is 7.80. The second-order valence-electron chi connectivity index (χ2n) is 3.17. The van der Waals surface area contributed by atoms with Gasteiger partial charge in [0, 0.05) is 24.4 Å². The van der Waals surface area contributed by atoms with Crippen molar-refractivity contribution in [1.82, 2.24) is 10.9 Å². The van der Waals surface area contributed by atoms with Gasteiger partial charge in [-0.3, -0.25) is 15.7 Å². The number of hydrazine groups is 1. The van der Waals surface area contributed by atoms with Crippen molar-refractivity contribution < 1.29 is 14.4 Å². The van der Waals surface area contributed by atoms with Crippen LogP contribution in [0.3, 0.4) is 0 Å². The maximum atomic E-state index is 11.1. The van der Waals surface area contributed by atoms with Crippen molar-refractivity contribution in [2.24, 2.45) is 5.90 Å². The van der Waals surface area contributed by atoms with Crippen LogP contribution in [0.25, 0.3) is 0 Å². The first kappa shape index (κ1) is 15.4. The molecule has 0 aromatic heterocycles. The highest BCUT2D eigenvalue weighted by atomic mass is 32.1. The van der Waals surface area contributed by atoms with Gasteiger partial charge in [-0.05, 0) is 6.92 Å². The maximum Gasteiger partial charge on any atom is 0.333 e. The van der Waals surface area contributed by atoms with Crippen LogP contribution in [-0.4, -0.2) is 37.5 Å². The van der Waals surface area contributed by atoms with Gasteiger partial charge in [-0.2, -0.15) is 12.6 Å².